The van der Waals surface area contributed by atoms with E-state index in [1.807, 2.05) is 0 Å². The molecular formula is C13H23MnN5+2. The van der Waals surface area contributed by atoms with Gasteiger partial charge < -0.3 is 0 Å². The first-order chi connectivity index (χ1) is 8.95. The monoisotopic (exact) mass is 304 g/mol. The maximum atomic E-state index is 4.18. The fourth-order valence-electron chi connectivity index (χ4n) is 2.79. The van der Waals surface area contributed by atoms with Gasteiger partial charge in [-0.3, -0.25) is 0 Å². The minimum atomic E-state index is 0. The second-order valence-corrected chi connectivity index (χ2v) is 5.32. The molecule has 1 heterocycles. The molecule has 2 rings (SSSR count). The van der Waals surface area contributed by atoms with Gasteiger partial charge in [-0.05, 0) is 53.7 Å². The van der Waals surface area contributed by atoms with Crippen LogP contribution >= 0.6 is 0 Å². The molecule has 2 aliphatic rings. The zero-order valence-corrected chi connectivity index (χ0v) is 12.6. The molecule has 1 atom stereocenters. The molecule has 0 N–H and O–H groups in total. The van der Waals surface area contributed by atoms with E-state index >= 15 is 0 Å². The van der Waals surface area contributed by atoms with Gasteiger partial charge in [-0.15, -0.1) is 5.10 Å². The van der Waals surface area contributed by atoms with Crippen LogP contribution in [0, 0.1) is 5.92 Å². The van der Waals surface area contributed by atoms with E-state index in [4.69, 9.17) is 0 Å². The number of hydrogen-bond acceptors (Lipinski definition) is 5. The van der Waals surface area contributed by atoms with Crippen molar-refractivity contribution in [1.82, 2.24) is 0 Å². The molecule has 1 radical (unpaired) electrons. The van der Waals surface area contributed by atoms with E-state index < -0.39 is 0 Å². The Balaban J connectivity index is 0.00000180. The third-order valence-electron chi connectivity index (χ3n) is 3.80. The zero-order valence-electron chi connectivity index (χ0n) is 11.5. The largest absolute Gasteiger partial charge is 2.00 e. The summed E-state index contributed by atoms with van der Waals surface area (Å²) in [5.41, 5.74) is 1.19. The minimum Gasteiger partial charge on any atom is -0.167 e. The summed E-state index contributed by atoms with van der Waals surface area (Å²) in [4.78, 5) is 0. The molecule has 1 aliphatic carbocycles. The standard InChI is InChI=1S/C13H23N5.Mn/c1-2-4-7-12-8-6-9-13(11-12)15-17-18-16-14-10-5-3-1;/h12H,1-11H2;/q;+2. The van der Waals surface area contributed by atoms with Crippen molar-refractivity contribution in [2.75, 3.05) is 6.54 Å². The van der Waals surface area contributed by atoms with Gasteiger partial charge in [-0.25, -0.2) is 0 Å². The first kappa shape index (κ1) is 16.4. The summed E-state index contributed by atoms with van der Waals surface area (Å²) in [5, 5.41) is 19.2. The minimum absolute atomic E-state index is 0. The van der Waals surface area contributed by atoms with Crippen LogP contribution < -0.4 is 0 Å². The summed E-state index contributed by atoms with van der Waals surface area (Å²) >= 11 is 0. The molecule has 0 aromatic heterocycles. The summed E-state index contributed by atoms with van der Waals surface area (Å²) < 4.78 is 0. The molecule has 19 heavy (non-hydrogen) atoms. The van der Waals surface area contributed by atoms with Crippen LogP contribution in [0.2, 0.25) is 0 Å². The van der Waals surface area contributed by atoms with E-state index in [9.17, 15) is 0 Å². The number of nitrogens with zero attached hydrogens (tertiary/aromatic N) is 5. The molecule has 1 fully saturated rings. The predicted molar refractivity (Wildman–Crippen MR) is 71.7 cm³/mol. The predicted octanol–water partition coefficient (Wildman–Crippen LogP) is 4.70. The quantitative estimate of drug-likeness (QED) is 0.582. The SMILES string of the molecule is C1CCCN=NN=NN=C2CCCC(CCC1)C2.[Mn+2]. The second kappa shape index (κ2) is 10.2. The topological polar surface area (TPSA) is 61.8 Å². The Morgan fingerprint density at radius 2 is 1.58 bits per heavy atom. The van der Waals surface area contributed by atoms with Crippen molar-refractivity contribution in [2.24, 2.45) is 31.8 Å². The van der Waals surface area contributed by atoms with E-state index in [2.05, 4.69) is 25.9 Å². The maximum Gasteiger partial charge on any atom is 2.00 e. The van der Waals surface area contributed by atoms with Gasteiger partial charge in [0, 0.05) is 5.71 Å². The van der Waals surface area contributed by atoms with Crippen LogP contribution in [0.25, 0.3) is 0 Å². The van der Waals surface area contributed by atoms with Gasteiger partial charge in [-0.2, -0.15) is 5.11 Å². The maximum absolute atomic E-state index is 4.18. The van der Waals surface area contributed by atoms with Crippen LogP contribution in [0.15, 0.2) is 25.9 Å². The van der Waals surface area contributed by atoms with Crippen molar-refractivity contribution in [2.45, 2.75) is 64.2 Å². The van der Waals surface area contributed by atoms with Crippen molar-refractivity contribution >= 4 is 5.71 Å². The van der Waals surface area contributed by atoms with Crippen LogP contribution in [0.5, 0.6) is 0 Å². The first-order valence-corrected chi connectivity index (χ1v) is 7.27. The molecule has 1 saturated carbocycles. The van der Waals surface area contributed by atoms with Crippen molar-refractivity contribution < 1.29 is 17.1 Å². The van der Waals surface area contributed by atoms with E-state index in [-0.39, 0.29) is 17.1 Å². The molecule has 0 saturated heterocycles. The summed E-state index contributed by atoms with van der Waals surface area (Å²) in [6.07, 6.45) is 12.5. The average molecular weight is 304 g/mol. The van der Waals surface area contributed by atoms with Crippen LogP contribution in [0.4, 0.5) is 0 Å². The Labute approximate surface area is 125 Å². The third kappa shape index (κ3) is 6.92. The van der Waals surface area contributed by atoms with Crippen molar-refractivity contribution in [3.05, 3.63) is 0 Å². The number of rotatable bonds is 0. The van der Waals surface area contributed by atoms with Crippen LogP contribution in [-0.4, -0.2) is 12.3 Å². The molecule has 6 heteroatoms. The zero-order chi connectivity index (χ0) is 12.5. The molecule has 0 spiro atoms. The summed E-state index contributed by atoms with van der Waals surface area (Å²) in [6, 6.07) is 0. The molecule has 105 valence electrons. The fourth-order valence-corrected chi connectivity index (χ4v) is 2.79. The van der Waals surface area contributed by atoms with Crippen LogP contribution in [0.3, 0.4) is 0 Å². The van der Waals surface area contributed by atoms with Crippen LogP contribution in [-0.2, 0) is 17.1 Å². The van der Waals surface area contributed by atoms with Gasteiger partial charge >= 0.3 is 17.1 Å². The summed E-state index contributed by atoms with van der Waals surface area (Å²) in [7, 11) is 0. The normalized spacial score (nSPS) is 25.7. The average Bonchev–Trinajstić information content (AvgIpc) is 2.40. The van der Waals surface area contributed by atoms with Crippen molar-refractivity contribution in [1.29, 1.82) is 0 Å². The molecule has 1 aliphatic heterocycles. The van der Waals surface area contributed by atoms with Gasteiger partial charge in [0.1, 0.15) is 0 Å². The van der Waals surface area contributed by atoms with Crippen molar-refractivity contribution in [3.8, 4) is 0 Å². The Morgan fingerprint density at radius 3 is 2.53 bits per heavy atom. The fraction of sp³-hybridized carbons (Fsp3) is 0.923. The summed E-state index contributed by atoms with van der Waals surface area (Å²) in [5.74, 6) is 0.819. The number of hydrogen-bond donors (Lipinski definition) is 0. The molecule has 0 aromatic rings. The summed E-state index contributed by atoms with van der Waals surface area (Å²) in [6.45, 7) is 0.762. The smallest absolute Gasteiger partial charge is 0.167 e. The van der Waals surface area contributed by atoms with E-state index in [0.717, 1.165) is 31.7 Å². The Hall–Kier alpha value is -0.611. The van der Waals surface area contributed by atoms with E-state index in [1.54, 1.807) is 0 Å². The Morgan fingerprint density at radius 1 is 0.789 bits per heavy atom. The van der Waals surface area contributed by atoms with E-state index in [0.29, 0.717) is 0 Å². The first-order valence-electron chi connectivity index (χ1n) is 7.27. The molecule has 0 aromatic carbocycles. The molecular weight excluding hydrogens is 281 g/mol. The molecule has 0 amide bonds. The molecule has 5 nitrogen and oxygen atoms in total. The van der Waals surface area contributed by atoms with Crippen molar-refractivity contribution in [3.63, 3.8) is 0 Å². The van der Waals surface area contributed by atoms with Gasteiger partial charge in [0.05, 0.1) is 6.54 Å². The van der Waals surface area contributed by atoms with Gasteiger partial charge in [0.15, 0.2) is 0 Å². The van der Waals surface area contributed by atoms with Gasteiger partial charge in [-0.1, -0.05) is 32.1 Å². The van der Waals surface area contributed by atoms with Gasteiger partial charge in [0.25, 0.3) is 0 Å². The second-order valence-electron chi connectivity index (χ2n) is 5.32. The number of fused-ring (bicyclic) bond motifs is 2. The Bertz CT molecular complexity index is 327. The third-order valence-corrected chi connectivity index (χ3v) is 3.80. The molecule has 1 unspecified atom stereocenters. The van der Waals surface area contributed by atoms with E-state index in [1.165, 1.54) is 50.7 Å². The van der Waals surface area contributed by atoms with Gasteiger partial charge in [0.2, 0.25) is 0 Å². The van der Waals surface area contributed by atoms with Crippen LogP contribution in [0.1, 0.15) is 64.2 Å². The molecule has 2 bridgehead atoms. The Kier molecular flexibility index (Phi) is 8.84.